The third-order valence-electron chi connectivity index (χ3n) is 3.14. The second kappa shape index (κ2) is 4.46. The lowest BCUT2D eigenvalue weighted by molar-refractivity contribution is 1.07. The van der Waals surface area contributed by atoms with E-state index in [9.17, 15) is 5.26 Å². The Labute approximate surface area is 111 Å². The minimum Gasteiger partial charge on any atom is -0.329 e. The minimum atomic E-state index is 0.655. The summed E-state index contributed by atoms with van der Waals surface area (Å²) >= 11 is 0. The van der Waals surface area contributed by atoms with Crippen LogP contribution in [0.5, 0.6) is 0 Å². The number of hydrogen-bond donors (Lipinski definition) is 0. The molecule has 0 saturated carbocycles. The van der Waals surface area contributed by atoms with E-state index < -0.39 is 0 Å². The normalized spacial score (nSPS) is 10.3. The predicted molar refractivity (Wildman–Crippen MR) is 74.4 cm³/mol. The highest BCUT2D eigenvalue weighted by Gasteiger charge is 2.11. The molecule has 0 N–H and O–H groups in total. The van der Waals surface area contributed by atoms with Gasteiger partial charge < -0.3 is 4.90 Å². The Kier molecular flexibility index (Phi) is 2.66. The number of benzene rings is 1. The van der Waals surface area contributed by atoms with E-state index in [-0.39, 0.29) is 0 Å². The lowest BCUT2D eigenvalue weighted by atomic mass is 10.2. The Morgan fingerprint density at radius 2 is 2.00 bits per heavy atom. The molecule has 0 fully saturated rings. The van der Waals surface area contributed by atoms with Crippen LogP contribution in [0.1, 0.15) is 5.56 Å². The number of pyridine rings is 1. The van der Waals surface area contributed by atoms with Crippen molar-refractivity contribution in [3.8, 4) is 6.07 Å². The van der Waals surface area contributed by atoms with E-state index in [0.29, 0.717) is 5.56 Å². The van der Waals surface area contributed by atoms with Gasteiger partial charge in [-0.3, -0.25) is 4.40 Å². The fourth-order valence-corrected chi connectivity index (χ4v) is 2.19. The highest BCUT2D eigenvalue weighted by atomic mass is 15.2. The smallest absolute Gasteiger partial charge is 0.138 e. The van der Waals surface area contributed by atoms with Gasteiger partial charge in [0.05, 0.1) is 11.3 Å². The van der Waals surface area contributed by atoms with E-state index in [1.807, 2.05) is 65.0 Å². The Morgan fingerprint density at radius 3 is 2.84 bits per heavy atom. The molecule has 4 heteroatoms. The first-order valence-corrected chi connectivity index (χ1v) is 5.96. The van der Waals surface area contributed by atoms with Gasteiger partial charge in [-0.05, 0) is 24.3 Å². The van der Waals surface area contributed by atoms with Crippen LogP contribution in [-0.2, 0) is 0 Å². The van der Waals surface area contributed by atoms with Gasteiger partial charge in [-0.1, -0.05) is 18.2 Å². The first kappa shape index (κ1) is 11.3. The standard InChI is InChI=1S/C15H12N4/c1-18(13-6-3-2-5-12(13)11-16)15-8-4-7-14-17-9-10-19(14)15/h2-10H,1H3. The van der Waals surface area contributed by atoms with Gasteiger partial charge in [-0.25, -0.2) is 4.98 Å². The summed E-state index contributed by atoms with van der Waals surface area (Å²) in [5, 5.41) is 9.19. The summed E-state index contributed by atoms with van der Waals surface area (Å²) in [5.41, 5.74) is 2.42. The maximum absolute atomic E-state index is 9.19. The Bertz CT molecular complexity index is 767. The minimum absolute atomic E-state index is 0.655. The number of imidazole rings is 1. The Morgan fingerprint density at radius 1 is 1.16 bits per heavy atom. The molecule has 19 heavy (non-hydrogen) atoms. The van der Waals surface area contributed by atoms with E-state index in [1.165, 1.54) is 0 Å². The van der Waals surface area contributed by atoms with Crippen LogP contribution in [0.3, 0.4) is 0 Å². The topological polar surface area (TPSA) is 44.3 Å². The highest BCUT2D eigenvalue weighted by Crippen LogP contribution is 2.26. The van der Waals surface area contributed by atoms with Gasteiger partial charge >= 0.3 is 0 Å². The van der Waals surface area contributed by atoms with Crippen LogP contribution in [-0.4, -0.2) is 16.4 Å². The van der Waals surface area contributed by atoms with Crippen molar-refractivity contribution in [3.05, 3.63) is 60.4 Å². The first-order valence-electron chi connectivity index (χ1n) is 5.96. The quantitative estimate of drug-likeness (QED) is 0.700. The third-order valence-corrected chi connectivity index (χ3v) is 3.14. The number of nitrogens with zero attached hydrogens (tertiary/aromatic N) is 4. The number of para-hydroxylation sites is 1. The molecule has 1 aromatic carbocycles. The average molecular weight is 248 g/mol. The van der Waals surface area contributed by atoms with Crippen LogP contribution in [0.25, 0.3) is 5.65 Å². The molecule has 0 radical (unpaired) electrons. The molecule has 4 nitrogen and oxygen atoms in total. The van der Waals surface area contributed by atoms with Crippen LogP contribution in [0.4, 0.5) is 11.5 Å². The first-order chi connectivity index (χ1) is 9.31. The van der Waals surface area contributed by atoms with Crippen LogP contribution >= 0.6 is 0 Å². The summed E-state index contributed by atoms with van der Waals surface area (Å²) in [6.07, 6.45) is 3.68. The molecule has 0 saturated heterocycles. The van der Waals surface area contributed by atoms with E-state index in [4.69, 9.17) is 0 Å². The molecule has 0 aliphatic heterocycles. The molecule has 0 aliphatic rings. The average Bonchev–Trinajstić information content (AvgIpc) is 2.94. The lowest BCUT2D eigenvalue weighted by Gasteiger charge is -2.21. The van der Waals surface area contributed by atoms with Crippen LogP contribution in [0.15, 0.2) is 54.9 Å². The molecule has 2 aromatic heterocycles. The number of hydrogen-bond acceptors (Lipinski definition) is 3. The second-order valence-electron chi connectivity index (χ2n) is 4.23. The summed E-state index contributed by atoms with van der Waals surface area (Å²) in [4.78, 5) is 6.26. The monoisotopic (exact) mass is 248 g/mol. The van der Waals surface area contributed by atoms with Gasteiger partial charge in [0.2, 0.25) is 0 Å². The number of fused-ring (bicyclic) bond motifs is 1. The van der Waals surface area contributed by atoms with Gasteiger partial charge in [0.25, 0.3) is 0 Å². The van der Waals surface area contributed by atoms with Gasteiger partial charge in [0.1, 0.15) is 17.5 Å². The molecular formula is C15H12N4. The number of anilines is 2. The van der Waals surface area contributed by atoms with Crippen molar-refractivity contribution >= 4 is 17.2 Å². The number of nitriles is 1. The second-order valence-corrected chi connectivity index (χ2v) is 4.23. The molecule has 3 rings (SSSR count). The van der Waals surface area contributed by atoms with Crippen molar-refractivity contribution in [2.45, 2.75) is 0 Å². The maximum atomic E-state index is 9.19. The fourth-order valence-electron chi connectivity index (χ4n) is 2.19. The summed E-state index contributed by atoms with van der Waals surface area (Å²) in [5.74, 6) is 0.970. The van der Waals surface area contributed by atoms with Crippen molar-refractivity contribution in [3.63, 3.8) is 0 Å². The zero-order valence-electron chi connectivity index (χ0n) is 10.5. The number of aromatic nitrogens is 2. The maximum Gasteiger partial charge on any atom is 0.138 e. The van der Waals surface area contributed by atoms with Crippen molar-refractivity contribution in [2.24, 2.45) is 0 Å². The molecule has 0 aliphatic carbocycles. The van der Waals surface area contributed by atoms with Crippen molar-refractivity contribution in [1.82, 2.24) is 9.38 Å². The van der Waals surface area contributed by atoms with Crippen molar-refractivity contribution in [1.29, 1.82) is 5.26 Å². The Balaban J connectivity index is 2.17. The van der Waals surface area contributed by atoms with Crippen LogP contribution < -0.4 is 4.90 Å². The SMILES string of the molecule is CN(c1ccccc1C#N)c1cccc2nccn12. The third kappa shape index (κ3) is 1.81. The van der Waals surface area contributed by atoms with Crippen LogP contribution in [0.2, 0.25) is 0 Å². The fraction of sp³-hybridized carbons (Fsp3) is 0.0667. The van der Waals surface area contributed by atoms with Crippen molar-refractivity contribution in [2.75, 3.05) is 11.9 Å². The number of rotatable bonds is 2. The molecule has 0 unspecified atom stereocenters. The largest absolute Gasteiger partial charge is 0.329 e. The summed E-state index contributed by atoms with van der Waals surface area (Å²) in [7, 11) is 1.95. The molecule has 2 heterocycles. The molecular weight excluding hydrogens is 236 g/mol. The zero-order chi connectivity index (χ0) is 13.2. The highest BCUT2D eigenvalue weighted by molar-refractivity contribution is 5.68. The summed E-state index contributed by atoms with van der Waals surface area (Å²) in [6.45, 7) is 0. The summed E-state index contributed by atoms with van der Waals surface area (Å²) < 4.78 is 1.99. The lowest BCUT2D eigenvalue weighted by Crippen LogP contribution is -2.14. The van der Waals surface area contributed by atoms with Gasteiger partial charge in [0.15, 0.2) is 0 Å². The van der Waals surface area contributed by atoms with E-state index in [1.54, 1.807) is 6.20 Å². The Hall–Kier alpha value is -2.80. The van der Waals surface area contributed by atoms with Gasteiger partial charge in [0, 0.05) is 19.4 Å². The van der Waals surface area contributed by atoms with Gasteiger partial charge in [-0.15, -0.1) is 0 Å². The van der Waals surface area contributed by atoms with Crippen molar-refractivity contribution < 1.29 is 0 Å². The molecule has 0 bridgehead atoms. The molecule has 0 spiro atoms. The summed E-state index contributed by atoms with van der Waals surface area (Å²) in [6, 6.07) is 15.7. The van der Waals surface area contributed by atoms with E-state index in [2.05, 4.69) is 11.1 Å². The molecule has 92 valence electrons. The predicted octanol–water partition coefficient (Wildman–Crippen LogP) is 2.97. The van der Waals surface area contributed by atoms with Crippen LogP contribution in [0, 0.1) is 11.3 Å². The zero-order valence-corrected chi connectivity index (χ0v) is 10.5. The molecule has 0 amide bonds. The molecule has 3 aromatic rings. The van der Waals surface area contributed by atoms with E-state index >= 15 is 0 Å². The molecule has 0 atom stereocenters. The van der Waals surface area contributed by atoms with E-state index in [0.717, 1.165) is 17.2 Å². The van der Waals surface area contributed by atoms with Gasteiger partial charge in [-0.2, -0.15) is 5.26 Å².